The van der Waals surface area contributed by atoms with Crippen LogP contribution in [0, 0.1) is 0 Å². The third-order valence-corrected chi connectivity index (χ3v) is 4.62. The second-order valence-corrected chi connectivity index (χ2v) is 6.48. The van der Waals surface area contributed by atoms with Crippen molar-refractivity contribution in [3.63, 3.8) is 0 Å². The molecule has 2 aromatic rings. The predicted molar refractivity (Wildman–Crippen MR) is 86.0 cm³/mol. The number of carbonyl (C=O) groups is 1. The van der Waals surface area contributed by atoms with Gasteiger partial charge in [-0.2, -0.15) is 0 Å². The Morgan fingerprint density at radius 2 is 1.95 bits per heavy atom. The molecule has 1 unspecified atom stereocenters. The van der Waals surface area contributed by atoms with Gasteiger partial charge in [-0.05, 0) is 42.5 Å². The Morgan fingerprint density at radius 1 is 1.23 bits per heavy atom. The highest BCUT2D eigenvalue weighted by Crippen LogP contribution is 2.37. The van der Waals surface area contributed by atoms with Gasteiger partial charge in [-0.25, -0.2) is 4.79 Å². The number of fused-ring (bicyclic) bond motifs is 1. The molecule has 114 valence electrons. The first-order valence-corrected chi connectivity index (χ1v) is 8.01. The van der Waals surface area contributed by atoms with Crippen LogP contribution in [-0.4, -0.2) is 17.8 Å². The molecule has 1 atom stereocenters. The summed E-state index contributed by atoms with van der Waals surface area (Å²) in [7, 11) is 0. The molecule has 0 aliphatic carbocycles. The fourth-order valence-corrected chi connectivity index (χ4v) is 3.37. The van der Waals surface area contributed by atoms with Crippen LogP contribution >= 0.6 is 23.4 Å². The molecule has 1 amide bonds. The normalized spacial score (nSPS) is 16.5. The summed E-state index contributed by atoms with van der Waals surface area (Å²) in [6, 6.07) is 13.2. The third kappa shape index (κ3) is 3.48. The van der Waals surface area contributed by atoms with Crippen molar-refractivity contribution in [1.82, 2.24) is 5.32 Å². The molecular weight excluding hydrogens is 322 g/mol. The summed E-state index contributed by atoms with van der Waals surface area (Å²) < 4.78 is 5.60. The Bertz CT molecular complexity index is 690. The quantitative estimate of drug-likeness (QED) is 0.861. The van der Waals surface area contributed by atoms with E-state index in [-0.39, 0.29) is 6.04 Å². The number of halogens is 1. The Kier molecular flexibility index (Phi) is 4.45. The Balaban J connectivity index is 1.85. The predicted octanol–water partition coefficient (Wildman–Crippen LogP) is 4.58. The first-order chi connectivity index (χ1) is 10.6. The van der Waals surface area contributed by atoms with E-state index in [1.165, 1.54) is 0 Å². The summed E-state index contributed by atoms with van der Waals surface area (Å²) in [5.41, 5.74) is 0.882. The van der Waals surface area contributed by atoms with Gasteiger partial charge in [0.05, 0.1) is 12.6 Å². The van der Waals surface area contributed by atoms with Crippen molar-refractivity contribution in [2.75, 3.05) is 6.61 Å². The van der Waals surface area contributed by atoms with Crippen molar-refractivity contribution in [3.8, 4) is 5.75 Å². The van der Waals surface area contributed by atoms with E-state index < -0.39 is 6.09 Å². The van der Waals surface area contributed by atoms with Crippen molar-refractivity contribution in [2.24, 2.45) is 0 Å². The molecule has 0 spiro atoms. The molecule has 1 aliphatic heterocycles. The zero-order valence-corrected chi connectivity index (χ0v) is 13.2. The number of ether oxygens (including phenoxy) is 1. The monoisotopic (exact) mass is 335 g/mol. The van der Waals surface area contributed by atoms with Crippen molar-refractivity contribution in [1.29, 1.82) is 0 Å². The highest BCUT2D eigenvalue weighted by atomic mass is 35.5. The summed E-state index contributed by atoms with van der Waals surface area (Å²) in [6.07, 6.45) is -0.387. The van der Waals surface area contributed by atoms with Crippen LogP contribution in [0.5, 0.6) is 5.75 Å². The zero-order valence-electron chi connectivity index (χ0n) is 11.6. The number of nitrogens with one attached hydrogen (secondary N) is 1. The van der Waals surface area contributed by atoms with Crippen molar-refractivity contribution >= 4 is 29.5 Å². The largest absolute Gasteiger partial charge is 0.493 e. The van der Waals surface area contributed by atoms with E-state index in [1.54, 1.807) is 11.8 Å². The van der Waals surface area contributed by atoms with E-state index in [0.717, 1.165) is 21.1 Å². The molecule has 0 saturated heterocycles. The lowest BCUT2D eigenvalue weighted by Crippen LogP contribution is -2.30. The van der Waals surface area contributed by atoms with Crippen LogP contribution in [0.3, 0.4) is 0 Å². The first kappa shape index (κ1) is 15.1. The van der Waals surface area contributed by atoms with Gasteiger partial charge in [-0.15, -0.1) is 0 Å². The fraction of sp³-hybridized carbons (Fsp3) is 0.188. The van der Waals surface area contributed by atoms with Crippen molar-refractivity contribution < 1.29 is 14.6 Å². The van der Waals surface area contributed by atoms with E-state index >= 15 is 0 Å². The van der Waals surface area contributed by atoms with E-state index in [2.05, 4.69) is 5.32 Å². The number of hydrogen-bond donors (Lipinski definition) is 2. The molecule has 2 aromatic carbocycles. The van der Waals surface area contributed by atoms with E-state index in [1.807, 2.05) is 42.5 Å². The lowest BCUT2D eigenvalue weighted by Gasteiger charge is -2.26. The van der Waals surface area contributed by atoms with Gasteiger partial charge in [0.25, 0.3) is 0 Å². The SMILES string of the molecule is O=C(O)NC1CCOc2ccc(Sc3ccc(Cl)cc3)cc21. The average Bonchev–Trinajstić information content (AvgIpc) is 2.50. The van der Waals surface area contributed by atoms with Crippen LogP contribution in [0.15, 0.2) is 52.3 Å². The molecule has 1 heterocycles. The van der Waals surface area contributed by atoms with Crippen LogP contribution in [0.25, 0.3) is 0 Å². The van der Waals surface area contributed by atoms with Gasteiger partial charge in [-0.3, -0.25) is 0 Å². The lowest BCUT2D eigenvalue weighted by atomic mass is 10.0. The smallest absolute Gasteiger partial charge is 0.405 e. The summed E-state index contributed by atoms with van der Waals surface area (Å²) in [5, 5.41) is 12.2. The summed E-state index contributed by atoms with van der Waals surface area (Å²) in [5.74, 6) is 0.741. The molecule has 0 saturated carbocycles. The minimum absolute atomic E-state index is 0.230. The molecule has 4 nitrogen and oxygen atoms in total. The number of carboxylic acid groups (broad SMARTS) is 1. The van der Waals surface area contributed by atoms with Gasteiger partial charge in [0.2, 0.25) is 0 Å². The van der Waals surface area contributed by atoms with Crippen LogP contribution in [0.2, 0.25) is 5.02 Å². The van der Waals surface area contributed by atoms with E-state index in [9.17, 15) is 4.79 Å². The maximum atomic E-state index is 10.9. The van der Waals surface area contributed by atoms with Gasteiger partial charge in [0.1, 0.15) is 5.75 Å². The topological polar surface area (TPSA) is 58.6 Å². The molecular formula is C16H14ClNO3S. The molecule has 1 aliphatic rings. The number of amides is 1. The second-order valence-electron chi connectivity index (χ2n) is 4.89. The van der Waals surface area contributed by atoms with E-state index in [4.69, 9.17) is 21.4 Å². The van der Waals surface area contributed by atoms with Gasteiger partial charge >= 0.3 is 6.09 Å². The third-order valence-electron chi connectivity index (χ3n) is 3.37. The molecule has 0 bridgehead atoms. The van der Waals surface area contributed by atoms with Gasteiger partial charge in [-0.1, -0.05) is 23.4 Å². The van der Waals surface area contributed by atoms with Gasteiger partial charge < -0.3 is 15.2 Å². The molecule has 6 heteroatoms. The minimum Gasteiger partial charge on any atom is -0.493 e. The molecule has 0 aromatic heterocycles. The molecule has 2 N–H and O–H groups in total. The Morgan fingerprint density at radius 3 is 2.68 bits per heavy atom. The highest BCUT2D eigenvalue weighted by molar-refractivity contribution is 7.99. The average molecular weight is 336 g/mol. The van der Waals surface area contributed by atoms with Crippen LogP contribution < -0.4 is 10.1 Å². The number of hydrogen-bond acceptors (Lipinski definition) is 3. The maximum Gasteiger partial charge on any atom is 0.405 e. The highest BCUT2D eigenvalue weighted by Gasteiger charge is 2.23. The van der Waals surface area contributed by atoms with Crippen LogP contribution in [-0.2, 0) is 0 Å². The Labute approximate surface area is 137 Å². The van der Waals surface area contributed by atoms with Crippen LogP contribution in [0.4, 0.5) is 4.79 Å². The van der Waals surface area contributed by atoms with Gasteiger partial charge in [0.15, 0.2) is 0 Å². The van der Waals surface area contributed by atoms with E-state index in [0.29, 0.717) is 18.1 Å². The Hall–Kier alpha value is -1.85. The molecule has 3 rings (SSSR count). The standard InChI is InChI=1S/C16H14ClNO3S/c17-10-1-3-11(4-2-10)22-12-5-6-15-13(9-12)14(7-8-21-15)18-16(19)20/h1-6,9,14,18H,7-8H2,(H,19,20). The minimum atomic E-state index is -1.02. The lowest BCUT2D eigenvalue weighted by molar-refractivity contribution is 0.182. The number of benzene rings is 2. The molecule has 0 radical (unpaired) electrons. The summed E-state index contributed by atoms with van der Waals surface area (Å²) >= 11 is 7.49. The van der Waals surface area contributed by atoms with Crippen molar-refractivity contribution in [2.45, 2.75) is 22.3 Å². The zero-order chi connectivity index (χ0) is 15.5. The first-order valence-electron chi connectivity index (χ1n) is 6.81. The van der Waals surface area contributed by atoms with Crippen molar-refractivity contribution in [3.05, 3.63) is 53.1 Å². The fourth-order valence-electron chi connectivity index (χ4n) is 2.37. The summed E-state index contributed by atoms with van der Waals surface area (Å²) in [6.45, 7) is 0.515. The van der Waals surface area contributed by atoms with Gasteiger partial charge in [0, 0.05) is 26.8 Å². The van der Waals surface area contributed by atoms with Crippen LogP contribution in [0.1, 0.15) is 18.0 Å². The molecule has 22 heavy (non-hydrogen) atoms. The molecule has 0 fully saturated rings. The summed E-state index contributed by atoms with van der Waals surface area (Å²) in [4.78, 5) is 13.0. The second kappa shape index (κ2) is 6.50. The maximum absolute atomic E-state index is 10.9. The number of rotatable bonds is 3.